The normalized spacial score (nSPS) is 10.0. The van der Waals surface area contributed by atoms with Crippen LogP contribution in [0, 0.1) is 10.1 Å². The van der Waals surface area contributed by atoms with Gasteiger partial charge >= 0.3 is 5.00 Å². The molecule has 70 valence electrons. The Balaban J connectivity index is 2.39. The quantitative estimate of drug-likeness (QED) is 0.557. The third-order valence-corrected chi connectivity index (χ3v) is 2.92. The summed E-state index contributed by atoms with van der Waals surface area (Å²) in [4.78, 5) is 11.0. The summed E-state index contributed by atoms with van der Waals surface area (Å²) in [6, 6.07) is 12.9. The molecule has 2 rings (SSSR count). The molecule has 0 N–H and O–H groups in total. The zero-order chi connectivity index (χ0) is 9.97. The highest BCUT2D eigenvalue weighted by Gasteiger charge is 2.10. The second-order valence-electron chi connectivity index (χ2n) is 2.76. The van der Waals surface area contributed by atoms with Crippen LogP contribution in [0.1, 0.15) is 0 Å². The Morgan fingerprint density at radius 3 is 2.36 bits per heavy atom. The molecule has 0 aliphatic rings. The Morgan fingerprint density at radius 2 is 1.79 bits per heavy atom. The van der Waals surface area contributed by atoms with Crippen LogP contribution < -0.4 is 0 Å². The molecule has 1 aromatic carbocycles. The minimum absolute atomic E-state index is 0.184. The van der Waals surface area contributed by atoms with Gasteiger partial charge in [0.15, 0.2) is 0 Å². The van der Waals surface area contributed by atoms with E-state index in [0.717, 1.165) is 10.4 Å². The Hall–Kier alpha value is -1.68. The largest absolute Gasteiger partial charge is 0.324 e. The van der Waals surface area contributed by atoms with Crippen molar-refractivity contribution in [2.45, 2.75) is 0 Å². The molecule has 0 aliphatic carbocycles. The lowest BCUT2D eigenvalue weighted by atomic mass is 10.2. The van der Waals surface area contributed by atoms with Gasteiger partial charge < -0.3 is 0 Å². The molecule has 0 aliphatic heterocycles. The minimum atomic E-state index is -0.364. The van der Waals surface area contributed by atoms with E-state index in [2.05, 4.69) is 0 Å². The highest BCUT2D eigenvalue weighted by molar-refractivity contribution is 7.18. The molecule has 2 aromatic rings. The van der Waals surface area contributed by atoms with Crippen molar-refractivity contribution in [3.8, 4) is 10.4 Å². The molecule has 0 unspecified atom stereocenters. The van der Waals surface area contributed by atoms with Crippen molar-refractivity contribution in [3.05, 3.63) is 52.6 Å². The fourth-order valence-electron chi connectivity index (χ4n) is 1.18. The van der Waals surface area contributed by atoms with Crippen LogP contribution in [0.4, 0.5) is 5.00 Å². The average Bonchev–Trinajstić information content (AvgIpc) is 2.68. The Labute approximate surface area is 84.8 Å². The van der Waals surface area contributed by atoms with Crippen molar-refractivity contribution in [2.75, 3.05) is 0 Å². The summed E-state index contributed by atoms with van der Waals surface area (Å²) in [5, 5.41) is 10.6. The summed E-state index contributed by atoms with van der Waals surface area (Å²) in [6.45, 7) is 0. The maximum Gasteiger partial charge on any atom is 0.324 e. The number of hydrogen-bond donors (Lipinski definition) is 0. The molecule has 14 heavy (non-hydrogen) atoms. The van der Waals surface area contributed by atoms with Crippen molar-refractivity contribution >= 4 is 16.3 Å². The van der Waals surface area contributed by atoms with Gasteiger partial charge in [0.1, 0.15) is 0 Å². The second kappa shape index (κ2) is 3.59. The lowest BCUT2D eigenvalue weighted by molar-refractivity contribution is -0.380. The lowest BCUT2D eigenvalue weighted by Crippen LogP contribution is -1.80. The van der Waals surface area contributed by atoms with E-state index in [-0.39, 0.29) is 9.92 Å². The van der Waals surface area contributed by atoms with Crippen molar-refractivity contribution < 1.29 is 4.92 Å². The number of thiophene rings is 1. The van der Waals surface area contributed by atoms with Crippen LogP contribution in [0.3, 0.4) is 0 Å². The van der Waals surface area contributed by atoms with Gasteiger partial charge in [-0.25, -0.2) is 0 Å². The molecule has 1 heterocycles. The third kappa shape index (κ3) is 1.65. The van der Waals surface area contributed by atoms with Crippen LogP contribution in [-0.4, -0.2) is 4.92 Å². The van der Waals surface area contributed by atoms with Gasteiger partial charge in [0.2, 0.25) is 0 Å². The maximum absolute atomic E-state index is 10.5. The van der Waals surface area contributed by atoms with Gasteiger partial charge in [-0.2, -0.15) is 0 Å². The number of benzene rings is 1. The van der Waals surface area contributed by atoms with Gasteiger partial charge in [-0.05, 0) is 11.6 Å². The van der Waals surface area contributed by atoms with E-state index < -0.39 is 0 Å². The molecule has 3 nitrogen and oxygen atoms in total. The maximum atomic E-state index is 10.5. The minimum Gasteiger partial charge on any atom is -0.258 e. The van der Waals surface area contributed by atoms with Crippen molar-refractivity contribution in [3.63, 3.8) is 0 Å². The van der Waals surface area contributed by atoms with Gasteiger partial charge in [-0.15, -0.1) is 0 Å². The molecule has 0 spiro atoms. The summed E-state index contributed by atoms with van der Waals surface area (Å²) in [5.41, 5.74) is 1.02. The predicted octanol–water partition coefficient (Wildman–Crippen LogP) is 3.32. The molecule has 0 fully saturated rings. The summed E-state index contributed by atoms with van der Waals surface area (Å²) in [7, 11) is 0. The van der Waals surface area contributed by atoms with E-state index >= 15 is 0 Å². The van der Waals surface area contributed by atoms with Crippen LogP contribution in [-0.2, 0) is 0 Å². The molecular weight excluding hydrogens is 198 g/mol. The van der Waals surface area contributed by atoms with Gasteiger partial charge in [0, 0.05) is 10.9 Å². The first kappa shape index (κ1) is 8.90. The Morgan fingerprint density at radius 1 is 1.07 bits per heavy atom. The van der Waals surface area contributed by atoms with Gasteiger partial charge in [0.05, 0.1) is 4.92 Å². The van der Waals surface area contributed by atoms with E-state index in [4.69, 9.17) is 0 Å². The van der Waals surface area contributed by atoms with Gasteiger partial charge in [-0.3, -0.25) is 10.1 Å². The van der Waals surface area contributed by atoms with Crippen LogP contribution in [0.2, 0.25) is 0 Å². The van der Waals surface area contributed by atoms with Crippen LogP contribution in [0.15, 0.2) is 42.5 Å². The molecular formula is C10H7NO2S. The number of hydrogen-bond acceptors (Lipinski definition) is 3. The van der Waals surface area contributed by atoms with Crippen molar-refractivity contribution in [2.24, 2.45) is 0 Å². The molecule has 1 aromatic heterocycles. The van der Waals surface area contributed by atoms with E-state index in [1.54, 1.807) is 6.07 Å². The fourth-order valence-corrected chi connectivity index (χ4v) is 2.01. The van der Waals surface area contributed by atoms with Crippen molar-refractivity contribution in [1.82, 2.24) is 0 Å². The number of nitrogens with zero attached hydrogens (tertiary/aromatic N) is 1. The first-order valence-electron chi connectivity index (χ1n) is 4.07. The molecule has 0 saturated heterocycles. The molecule has 0 bridgehead atoms. The smallest absolute Gasteiger partial charge is 0.258 e. The first-order chi connectivity index (χ1) is 6.77. The van der Waals surface area contributed by atoms with E-state index in [9.17, 15) is 10.1 Å². The highest BCUT2D eigenvalue weighted by atomic mass is 32.1. The van der Waals surface area contributed by atoms with Gasteiger partial charge in [-0.1, -0.05) is 41.7 Å². The molecule has 0 radical (unpaired) electrons. The summed E-state index contributed by atoms with van der Waals surface area (Å²) < 4.78 is 0. The lowest BCUT2D eigenvalue weighted by Gasteiger charge is -1.93. The monoisotopic (exact) mass is 205 g/mol. The second-order valence-corrected chi connectivity index (χ2v) is 3.82. The summed E-state index contributed by atoms with van der Waals surface area (Å²) in [5.74, 6) is 0. The topological polar surface area (TPSA) is 43.1 Å². The van der Waals surface area contributed by atoms with Crippen LogP contribution in [0.5, 0.6) is 0 Å². The zero-order valence-electron chi connectivity index (χ0n) is 7.21. The number of nitro groups is 1. The molecule has 0 amide bonds. The zero-order valence-corrected chi connectivity index (χ0v) is 8.03. The summed E-state index contributed by atoms with van der Waals surface area (Å²) >= 11 is 1.19. The number of rotatable bonds is 2. The van der Waals surface area contributed by atoms with Crippen LogP contribution in [0.25, 0.3) is 10.4 Å². The SMILES string of the molecule is O=[N+]([O-])c1ccc(-c2ccccc2)s1. The first-order valence-corrected chi connectivity index (χ1v) is 4.88. The molecule has 4 heteroatoms. The Kier molecular flexibility index (Phi) is 2.28. The summed E-state index contributed by atoms with van der Waals surface area (Å²) in [6.07, 6.45) is 0. The molecule has 0 atom stereocenters. The van der Waals surface area contributed by atoms with Crippen LogP contribution >= 0.6 is 11.3 Å². The fraction of sp³-hybridized carbons (Fsp3) is 0. The highest BCUT2D eigenvalue weighted by Crippen LogP contribution is 2.32. The molecule has 0 saturated carbocycles. The van der Waals surface area contributed by atoms with E-state index in [1.807, 2.05) is 30.3 Å². The predicted molar refractivity (Wildman–Crippen MR) is 56.4 cm³/mol. The van der Waals surface area contributed by atoms with E-state index in [1.165, 1.54) is 17.4 Å². The van der Waals surface area contributed by atoms with Gasteiger partial charge in [0.25, 0.3) is 0 Å². The van der Waals surface area contributed by atoms with E-state index in [0.29, 0.717) is 0 Å². The third-order valence-electron chi connectivity index (χ3n) is 1.83. The average molecular weight is 205 g/mol. The standard InChI is InChI=1S/C10H7NO2S/c12-11(13)10-7-6-9(14-10)8-4-2-1-3-5-8/h1-7H. The Bertz CT molecular complexity index is 450. The van der Waals surface area contributed by atoms with Crippen molar-refractivity contribution in [1.29, 1.82) is 0 Å².